The Balaban J connectivity index is 1.87. The van der Waals surface area contributed by atoms with Gasteiger partial charge in [0.25, 0.3) is 5.91 Å². The number of carbonyl (C=O) groups is 1. The SMILES string of the molecule is Cc1nc(-c2ccc(F)cc2)sc1C(=O)Nc1ccccc1I. The second-order valence-electron chi connectivity index (χ2n) is 4.87. The number of hydrogen-bond acceptors (Lipinski definition) is 3. The predicted octanol–water partition coefficient (Wildman–Crippen LogP) is 5.11. The average Bonchev–Trinajstić information content (AvgIpc) is 2.92. The van der Waals surface area contributed by atoms with Gasteiger partial charge in [-0.15, -0.1) is 11.3 Å². The van der Waals surface area contributed by atoms with Crippen LogP contribution in [0.3, 0.4) is 0 Å². The van der Waals surface area contributed by atoms with E-state index in [-0.39, 0.29) is 11.7 Å². The highest BCUT2D eigenvalue weighted by atomic mass is 127. The first-order valence-electron chi connectivity index (χ1n) is 6.84. The van der Waals surface area contributed by atoms with E-state index in [1.165, 1.54) is 23.5 Å². The number of aromatic nitrogens is 1. The van der Waals surface area contributed by atoms with Crippen LogP contribution in [-0.2, 0) is 0 Å². The normalized spacial score (nSPS) is 10.6. The van der Waals surface area contributed by atoms with Crippen LogP contribution in [-0.4, -0.2) is 10.9 Å². The van der Waals surface area contributed by atoms with Gasteiger partial charge in [0.2, 0.25) is 0 Å². The minimum atomic E-state index is -0.293. The van der Waals surface area contributed by atoms with Gasteiger partial charge in [-0.1, -0.05) is 12.1 Å². The molecule has 0 aliphatic heterocycles. The number of para-hydroxylation sites is 1. The lowest BCUT2D eigenvalue weighted by molar-refractivity contribution is 0.102. The van der Waals surface area contributed by atoms with Crippen molar-refractivity contribution in [2.45, 2.75) is 6.92 Å². The highest BCUT2D eigenvalue weighted by Gasteiger charge is 2.17. The fourth-order valence-electron chi connectivity index (χ4n) is 2.06. The first-order chi connectivity index (χ1) is 11.0. The number of benzene rings is 2. The number of aryl methyl sites for hydroxylation is 1. The van der Waals surface area contributed by atoms with Crippen LogP contribution < -0.4 is 5.32 Å². The number of anilines is 1. The summed E-state index contributed by atoms with van der Waals surface area (Å²) >= 11 is 3.48. The van der Waals surface area contributed by atoms with Crippen molar-refractivity contribution in [3.63, 3.8) is 0 Å². The molecule has 0 bridgehead atoms. The monoisotopic (exact) mass is 438 g/mol. The molecule has 0 atom stereocenters. The number of thiazole rings is 1. The number of nitrogens with zero attached hydrogens (tertiary/aromatic N) is 1. The van der Waals surface area contributed by atoms with Crippen LogP contribution in [0.25, 0.3) is 10.6 Å². The van der Waals surface area contributed by atoms with Gasteiger partial charge >= 0.3 is 0 Å². The van der Waals surface area contributed by atoms with Gasteiger partial charge in [0, 0.05) is 9.13 Å². The maximum absolute atomic E-state index is 13.0. The van der Waals surface area contributed by atoms with Crippen molar-refractivity contribution in [2.24, 2.45) is 0 Å². The van der Waals surface area contributed by atoms with Crippen LogP contribution in [0.5, 0.6) is 0 Å². The molecule has 1 aromatic heterocycles. The summed E-state index contributed by atoms with van der Waals surface area (Å²) < 4.78 is 14.0. The largest absolute Gasteiger partial charge is 0.320 e. The van der Waals surface area contributed by atoms with Crippen molar-refractivity contribution in [1.29, 1.82) is 0 Å². The number of hydrogen-bond donors (Lipinski definition) is 1. The van der Waals surface area contributed by atoms with Crippen molar-refractivity contribution in [3.05, 3.63) is 68.5 Å². The molecule has 0 aliphatic rings. The smallest absolute Gasteiger partial charge is 0.267 e. The number of rotatable bonds is 3. The predicted molar refractivity (Wildman–Crippen MR) is 99.4 cm³/mol. The Kier molecular flexibility index (Phi) is 4.72. The zero-order chi connectivity index (χ0) is 16.4. The summed E-state index contributed by atoms with van der Waals surface area (Å²) in [6, 6.07) is 13.7. The Morgan fingerprint density at radius 2 is 1.87 bits per heavy atom. The molecule has 0 saturated carbocycles. The fourth-order valence-corrected chi connectivity index (χ4v) is 3.55. The molecule has 116 valence electrons. The molecule has 1 amide bonds. The van der Waals surface area contributed by atoms with E-state index < -0.39 is 0 Å². The van der Waals surface area contributed by atoms with Gasteiger partial charge in [-0.3, -0.25) is 4.79 Å². The Morgan fingerprint density at radius 1 is 1.17 bits per heavy atom. The lowest BCUT2D eigenvalue weighted by Crippen LogP contribution is -2.12. The average molecular weight is 438 g/mol. The van der Waals surface area contributed by atoms with Crippen molar-refractivity contribution in [3.8, 4) is 10.6 Å². The van der Waals surface area contributed by atoms with Crippen LogP contribution in [0.2, 0.25) is 0 Å². The minimum Gasteiger partial charge on any atom is -0.320 e. The van der Waals surface area contributed by atoms with E-state index in [2.05, 4.69) is 32.9 Å². The fraction of sp³-hybridized carbons (Fsp3) is 0.0588. The van der Waals surface area contributed by atoms with Crippen LogP contribution in [0.15, 0.2) is 48.5 Å². The Hall–Kier alpha value is -1.80. The van der Waals surface area contributed by atoms with E-state index in [1.54, 1.807) is 19.1 Å². The Labute approximate surface area is 150 Å². The second kappa shape index (κ2) is 6.76. The first-order valence-corrected chi connectivity index (χ1v) is 8.73. The summed E-state index contributed by atoms with van der Waals surface area (Å²) in [5, 5.41) is 3.61. The van der Waals surface area contributed by atoms with Gasteiger partial charge in [-0.25, -0.2) is 9.37 Å². The number of halogens is 2. The molecular weight excluding hydrogens is 426 g/mol. The molecule has 2 aromatic carbocycles. The van der Waals surface area contributed by atoms with Crippen LogP contribution >= 0.6 is 33.9 Å². The maximum atomic E-state index is 13.0. The molecule has 0 unspecified atom stereocenters. The molecule has 3 nitrogen and oxygen atoms in total. The summed E-state index contributed by atoms with van der Waals surface area (Å²) in [5.74, 6) is -0.476. The topological polar surface area (TPSA) is 42.0 Å². The van der Waals surface area contributed by atoms with Gasteiger partial charge in [-0.05, 0) is 65.9 Å². The highest BCUT2D eigenvalue weighted by molar-refractivity contribution is 14.1. The summed E-state index contributed by atoms with van der Waals surface area (Å²) in [6.45, 7) is 1.80. The van der Waals surface area contributed by atoms with Gasteiger partial charge < -0.3 is 5.32 Å². The van der Waals surface area contributed by atoms with Gasteiger partial charge in [0.05, 0.1) is 11.4 Å². The molecule has 6 heteroatoms. The summed E-state index contributed by atoms with van der Waals surface area (Å²) in [5.41, 5.74) is 2.24. The Bertz CT molecular complexity index is 861. The third kappa shape index (κ3) is 3.59. The van der Waals surface area contributed by atoms with Crippen LogP contribution in [0, 0.1) is 16.3 Å². The van der Waals surface area contributed by atoms with Crippen molar-refractivity contribution >= 4 is 45.5 Å². The molecule has 3 aromatic rings. The third-order valence-corrected chi connectivity index (χ3v) is 5.36. The van der Waals surface area contributed by atoms with E-state index >= 15 is 0 Å². The van der Waals surface area contributed by atoms with Gasteiger partial charge in [0.1, 0.15) is 15.7 Å². The summed E-state index contributed by atoms with van der Waals surface area (Å²) in [7, 11) is 0. The molecule has 1 heterocycles. The lowest BCUT2D eigenvalue weighted by atomic mass is 10.2. The molecule has 0 spiro atoms. The van der Waals surface area contributed by atoms with Crippen molar-refractivity contribution in [1.82, 2.24) is 4.98 Å². The van der Waals surface area contributed by atoms with Gasteiger partial charge in [0.15, 0.2) is 0 Å². The van der Waals surface area contributed by atoms with E-state index in [0.29, 0.717) is 15.6 Å². The molecule has 0 saturated heterocycles. The second-order valence-corrected chi connectivity index (χ2v) is 7.04. The lowest BCUT2D eigenvalue weighted by Gasteiger charge is -2.05. The van der Waals surface area contributed by atoms with Gasteiger partial charge in [-0.2, -0.15) is 0 Å². The molecule has 23 heavy (non-hydrogen) atoms. The van der Waals surface area contributed by atoms with E-state index in [1.807, 2.05) is 24.3 Å². The van der Waals surface area contributed by atoms with Crippen LogP contribution in [0.1, 0.15) is 15.4 Å². The van der Waals surface area contributed by atoms with E-state index in [9.17, 15) is 9.18 Å². The Morgan fingerprint density at radius 3 is 2.57 bits per heavy atom. The molecular formula is C17H12FIN2OS. The maximum Gasteiger partial charge on any atom is 0.267 e. The standard InChI is InChI=1S/C17H12FIN2OS/c1-10-15(16(22)21-14-5-3-2-4-13(14)19)23-17(20-10)11-6-8-12(18)9-7-11/h2-9H,1H3,(H,21,22). The minimum absolute atomic E-state index is 0.183. The number of carbonyl (C=O) groups excluding carboxylic acids is 1. The number of amides is 1. The van der Waals surface area contributed by atoms with Crippen LogP contribution in [0.4, 0.5) is 10.1 Å². The number of nitrogens with one attached hydrogen (secondary N) is 1. The zero-order valence-corrected chi connectivity index (χ0v) is 15.1. The van der Waals surface area contributed by atoms with Crippen molar-refractivity contribution < 1.29 is 9.18 Å². The third-order valence-electron chi connectivity index (χ3n) is 3.22. The van der Waals surface area contributed by atoms with E-state index in [4.69, 9.17) is 0 Å². The van der Waals surface area contributed by atoms with E-state index in [0.717, 1.165) is 14.8 Å². The quantitative estimate of drug-likeness (QED) is 0.578. The summed E-state index contributed by atoms with van der Waals surface area (Å²) in [6.07, 6.45) is 0. The highest BCUT2D eigenvalue weighted by Crippen LogP contribution is 2.29. The summed E-state index contributed by atoms with van der Waals surface area (Å²) in [4.78, 5) is 17.5. The molecule has 0 aliphatic carbocycles. The molecule has 0 radical (unpaired) electrons. The molecule has 1 N–H and O–H groups in total. The molecule has 0 fully saturated rings. The molecule has 3 rings (SSSR count). The first kappa shape index (κ1) is 16.1. The zero-order valence-electron chi connectivity index (χ0n) is 12.1. The van der Waals surface area contributed by atoms with Crippen molar-refractivity contribution in [2.75, 3.05) is 5.32 Å².